The Kier molecular flexibility index (Phi) is 6.18. The quantitative estimate of drug-likeness (QED) is 0.536. The van der Waals surface area contributed by atoms with Gasteiger partial charge in [0.1, 0.15) is 11.9 Å². The first-order valence-corrected chi connectivity index (χ1v) is 11.5. The molecule has 6 nitrogen and oxygen atoms in total. The highest BCUT2D eigenvalue weighted by molar-refractivity contribution is 6.18. The summed E-state index contributed by atoms with van der Waals surface area (Å²) in [7, 11) is 3.98. The van der Waals surface area contributed by atoms with Crippen LogP contribution in [-0.2, 0) is 5.41 Å². The zero-order valence-corrected chi connectivity index (χ0v) is 20.1. The van der Waals surface area contributed by atoms with E-state index >= 15 is 0 Å². The molecule has 2 N–H and O–H groups in total. The van der Waals surface area contributed by atoms with Gasteiger partial charge in [0, 0.05) is 47.7 Å². The number of nitrogens with one attached hydrogen (secondary N) is 2. The lowest BCUT2D eigenvalue weighted by Gasteiger charge is -2.30. The second-order valence-corrected chi connectivity index (χ2v) is 9.91. The lowest BCUT2D eigenvalue weighted by Crippen LogP contribution is -2.35. The number of carbonyl (C=O) groups excluding carboxylic acids is 1. The SMILES string of the molecule is CNc1cc(C(=O)c2c(C(C)(C)C)[nH]c3cc(C#N)ccc23)ccc1OC1CCN(C)CC1. The van der Waals surface area contributed by atoms with E-state index in [-0.39, 0.29) is 17.3 Å². The molecule has 6 heteroatoms. The monoisotopic (exact) mass is 444 g/mol. The molecule has 0 radical (unpaired) electrons. The van der Waals surface area contributed by atoms with Gasteiger partial charge in [0.25, 0.3) is 0 Å². The largest absolute Gasteiger partial charge is 0.488 e. The molecule has 1 aliphatic rings. The second kappa shape index (κ2) is 8.92. The number of benzene rings is 2. The normalized spacial score (nSPS) is 15.4. The topological polar surface area (TPSA) is 81.2 Å². The van der Waals surface area contributed by atoms with Crippen molar-refractivity contribution in [1.29, 1.82) is 5.26 Å². The number of hydrogen-bond donors (Lipinski definition) is 2. The van der Waals surface area contributed by atoms with Crippen molar-refractivity contribution in [2.24, 2.45) is 0 Å². The van der Waals surface area contributed by atoms with E-state index in [2.05, 4.69) is 49.1 Å². The lowest BCUT2D eigenvalue weighted by molar-refractivity contribution is 0.103. The van der Waals surface area contributed by atoms with Crippen molar-refractivity contribution < 1.29 is 9.53 Å². The maximum Gasteiger partial charge on any atom is 0.195 e. The van der Waals surface area contributed by atoms with Crippen LogP contribution in [0.3, 0.4) is 0 Å². The number of anilines is 1. The number of rotatable bonds is 5. The minimum atomic E-state index is -0.264. The first kappa shape index (κ1) is 22.9. The van der Waals surface area contributed by atoms with E-state index in [4.69, 9.17) is 4.74 Å². The van der Waals surface area contributed by atoms with Gasteiger partial charge >= 0.3 is 0 Å². The molecule has 0 unspecified atom stereocenters. The predicted molar refractivity (Wildman–Crippen MR) is 132 cm³/mol. The highest BCUT2D eigenvalue weighted by Crippen LogP contribution is 2.35. The summed E-state index contributed by atoms with van der Waals surface area (Å²) in [5.74, 6) is 0.732. The number of nitrogens with zero attached hydrogens (tertiary/aromatic N) is 2. The number of ketones is 1. The van der Waals surface area contributed by atoms with Crippen molar-refractivity contribution in [1.82, 2.24) is 9.88 Å². The summed E-state index contributed by atoms with van der Waals surface area (Å²) < 4.78 is 6.29. The van der Waals surface area contributed by atoms with E-state index in [9.17, 15) is 10.1 Å². The van der Waals surface area contributed by atoms with Crippen molar-refractivity contribution in [3.05, 3.63) is 58.8 Å². The van der Waals surface area contributed by atoms with Gasteiger partial charge in [-0.15, -0.1) is 0 Å². The average Bonchev–Trinajstić information content (AvgIpc) is 3.19. The highest BCUT2D eigenvalue weighted by atomic mass is 16.5. The summed E-state index contributed by atoms with van der Waals surface area (Å²) in [6.07, 6.45) is 2.18. The van der Waals surface area contributed by atoms with Gasteiger partial charge in [0.05, 0.1) is 22.9 Å². The van der Waals surface area contributed by atoms with Crippen molar-refractivity contribution in [3.63, 3.8) is 0 Å². The van der Waals surface area contributed by atoms with E-state index in [0.29, 0.717) is 16.7 Å². The molecule has 2 aromatic carbocycles. The minimum Gasteiger partial charge on any atom is -0.488 e. The Morgan fingerprint density at radius 1 is 1.18 bits per heavy atom. The van der Waals surface area contributed by atoms with Gasteiger partial charge in [-0.3, -0.25) is 4.79 Å². The predicted octanol–water partition coefficient (Wildman–Crippen LogP) is 5.08. The molecule has 172 valence electrons. The number of ether oxygens (including phenoxy) is 1. The van der Waals surface area contributed by atoms with Gasteiger partial charge in [-0.1, -0.05) is 26.8 Å². The van der Waals surface area contributed by atoms with Crippen molar-refractivity contribution in [2.75, 3.05) is 32.5 Å². The Balaban J connectivity index is 1.71. The van der Waals surface area contributed by atoms with E-state index in [1.807, 2.05) is 31.3 Å². The number of piperidine rings is 1. The number of fused-ring (bicyclic) bond motifs is 1. The van der Waals surface area contributed by atoms with E-state index < -0.39 is 0 Å². The maximum atomic E-state index is 13.8. The van der Waals surface area contributed by atoms with Crippen molar-refractivity contribution >= 4 is 22.4 Å². The molecule has 0 atom stereocenters. The molecule has 0 amide bonds. The van der Waals surface area contributed by atoms with E-state index in [0.717, 1.165) is 54.0 Å². The summed E-state index contributed by atoms with van der Waals surface area (Å²) in [6, 6.07) is 13.2. The summed E-state index contributed by atoms with van der Waals surface area (Å²) in [6.45, 7) is 8.30. The second-order valence-electron chi connectivity index (χ2n) is 9.91. The molecule has 0 spiro atoms. The third-order valence-corrected chi connectivity index (χ3v) is 6.38. The van der Waals surface area contributed by atoms with Gasteiger partial charge in [-0.25, -0.2) is 0 Å². The third-order valence-electron chi connectivity index (χ3n) is 6.38. The first-order chi connectivity index (χ1) is 15.7. The number of hydrogen-bond acceptors (Lipinski definition) is 5. The zero-order valence-electron chi connectivity index (χ0n) is 20.1. The minimum absolute atomic E-state index is 0.0433. The Morgan fingerprint density at radius 2 is 1.91 bits per heavy atom. The van der Waals surface area contributed by atoms with Crippen LogP contribution in [0.5, 0.6) is 5.75 Å². The highest BCUT2D eigenvalue weighted by Gasteiger charge is 2.28. The smallest absolute Gasteiger partial charge is 0.195 e. The molecular weight excluding hydrogens is 412 g/mol. The van der Waals surface area contributed by atoms with Gasteiger partial charge in [0.15, 0.2) is 5.78 Å². The van der Waals surface area contributed by atoms with Crippen LogP contribution < -0.4 is 10.1 Å². The molecule has 2 heterocycles. The van der Waals surface area contributed by atoms with Crippen molar-refractivity contribution in [3.8, 4) is 11.8 Å². The van der Waals surface area contributed by atoms with Crippen LogP contribution in [0.2, 0.25) is 0 Å². The van der Waals surface area contributed by atoms with Gasteiger partial charge in [-0.2, -0.15) is 5.26 Å². The Hall–Kier alpha value is -3.30. The Bertz CT molecular complexity index is 1220. The number of aromatic nitrogens is 1. The number of H-pyrrole nitrogens is 1. The Morgan fingerprint density at radius 3 is 2.55 bits per heavy atom. The molecule has 33 heavy (non-hydrogen) atoms. The fraction of sp³-hybridized carbons (Fsp3) is 0.407. The average molecular weight is 445 g/mol. The molecular formula is C27H32N4O2. The molecule has 1 fully saturated rings. The third kappa shape index (κ3) is 4.60. The van der Waals surface area contributed by atoms with Crippen LogP contribution in [0.15, 0.2) is 36.4 Å². The fourth-order valence-corrected chi connectivity index (χ4v) is 4.46. The molecule has 0 aliphatic carbocycles. The summed E-state index contributed by atoms with van der Waals surface area (Å²) in [4.78, 5) is 19.5. The van der Waals surface area contributed by atoms with Gasteiger partial charge < -0.3 is 19.9 Å². The first-order valence-electron chi connectivity index (χ1n) is 11.5. The van der Waals surface area contributed by atoms with Crippen LogP contribution >= 0.6 is 0 Å². The molecule has 0 saturated carbocycles. The number of nitriles is 1. The van der Waals surface area contributed by atoms with Crippen LogP contribution in [0, 0.1) is 11.3 Å². The number of carbonyl (C=O) groups is 1. The van der Waals surface area contributed by atoms with Crippen LogP contribution in [0.1, 0.15) is 60.8 Å². The molecule has 1 aliphatic heterocycles. The molecule has 3 aromatic rings. The molecule has 0 bridgehead atoms. The summed E-state index contributed by atoms with van der Waals surface area (Å²) >= 11 is 0. The van der Waals surface area contributed by atoms with E-state index in [1.54, 1.807) is 12.1 Å². The fourth-order valence-electron chi connectivity index (χ4n) is 4.46. The molecule has 1 aromatic heterocycles. The zero-order chi connectivity index (χ0) is 23.8. The standard InChI is InChI=1S/C27H32N4O2/c1-27(2,3)26-24(20-8-6-17(16-28)14-21(20)30-26)25(32)18-7-9-23(22(15-18)29-4)33-19-10-12-31(5)13-11-19/h6-9,14-15,19,29-30H,10-13H2,1-5H3. The van der Waals surface area contributed by atoms with E-state index in [1.165, 1.54) is 0 Å². The lowest BCUT2D eigenvalue weighted by atomic mass is 9.86. The molecule has 4 rings (SSSR count). The summed E-state index contributed by atoms with van der Waals surface area (Å²) in [5, 5.41) is 13.3. The number of likely N-dealkylation sites (tertiary alicyclic amines) is 1. The van der Waals surface area contributed by atoms with Crippen molar-refractivity contribution in [2.45, 2.75) is 45.1 Å². The van der Waals surface area contributed by atoms with Crippen LogP contribution in [0.4, 0.5) is 5.69 Å². The molecule has 1 saturated heterocycles. The van der Waals surface area contributed by atoms with Crippen LogP contribution in [-0.4, -0.2) is 49.0 Å². The van der Waals surface area contributed by atoms with Gasteiger partial charge in [0.2, 0.25) is 0 Å². The summed E-state index contributed by atoms with van der Waals surface area (Å²) in [5.41, 5.74) is 4.05. The maximum absolute atomic E-state index is 13.8. The van der Waals surface area contributed by atoms with Gasteiger partial charge in [-0.05, 0) is 50.2 Å². The Labute approximate surface area is 195 Å². The van der Waals surface area contributed by atoms with Crippen LogP contribution in [0.25, 0.3) is 10.9 Å². The number of aromatic amines is 1.